The molecule has 0 aliphatic heterocycles. The standard InChI is InChI=1S/C11H17N5S/c1-4-9-5-6-10(17-9)7(2)12-8(3)11-13-15-16-14-11/h5-8,12H,4H2,1-3H3,(H,13,14,15,16). The van der Waals surface area contributed by atoms with Crippen LogP contribution in [0.25, 0.3) is 0 Å². The second-order valence-corrected chi connectivity index (χ2v) is 5.24. The lowest BCUT2D eigenvalue weighted by Gasteiger charge is -2.16. The molecule has 17 heavy (non-hydrogen) atoms. The Hall–Kier alpha value is -1.27. The molecule has 0 saturated carbocycles. The van der Waals surface area contributed by atoms with E-state index in [4.69, 9.17) is 0 Å². The monoisotopic (exact) mass is 251 g/mol. The molecule has 0 aromatic carbocycles. The number of nitrogens with one attached hydrogen (secondary N) is 2. The Kier molecular flexibility index (Phi) is 3.86. The summed E-state index contributed by atoms with van der Waals surface area (Å²) in [6.45, 7) is 6.37. The maximum atomic E-state index is 3.98. The van der Waals surface area contributed by atoms with Gasteiger partial charge in [0.2, 0.25) is 0 Å². The van der Waals surface area contributed by atoms with Crippen LogP contribution in [0.4, 0.5) is 0 Å². The first-order valence-electron chi connectivity index (χ1n) is 5.78. The summed E-state index contributed by atoms with van der Waals surface area (Å²) in [4.78, 5) is 2.76. The largest absolute Gasteiger partial charge is 0.300 e. The van der Waals surface area contributed by atoms with Gasteiger partial charge in [0, 0.05) is 15.8 Å². The van der Waals surface area contributed by atoms with Crippen molar-refractivity contribution >= 4 is 11.3 Å². The molecular weight excluding hydrogens is 234 g/mol. The Balaban J connectivity index is 1.99. The van der Waals surface area contributed by atoms with Crippen molar-refractivity contribution in [3.63, 3.8) is 0 Å². The van der Waals surface area contributed by atoms with Gasteiger partial charge in [0.15, 0.2) is 5.82 Å². The third kappa shape index (κ3) is 2.89. The van der Waals surface area contributed by atoms with Gasteiger partial charge in [-0.15, -0.1) is 21.5 Å². The van der Waals surface area contributed by atoms with Gasteiger partial charge in [-0.3, -0.25) is 5.32 Å². The zero-order valence-electron chi connectivity index (χ0n) is 10.3. The molecule has 0 saturated heterocycles. The van der Waals surface area contributed by atoms with E-state index in [9.17, 15) is 0 Å². The molecule has 2 rings (SSSR count). The Morgan fingerprint density at radius 3 is 2.76 bits per heavy atom. The van der Waals surface area contributed by atoms with Gasteiger partial charge >= 0.3 is 0 Å². The van der Waals surface area contributed by atoms with E-state index >= 15 is 0 Å². The fourth-order valence-corrected chi connectivity index (χ4v) is 2.67. The lowest BCUT2D eigenvalue weighted by atomic mass is 10.2. The predicted octanol–water partition coefficient (Wildman–Crippen LogP) is 2.24. The van der Waals surface area contributed by atoms with Crippen LogP contribution in [0.15, 0.2) is 12.1 Å². The summed E-state index contributed by atoms with van der Waals surface area (Å²) in [7, 11) is 0. The fraction of sp³-hybridized carbons (Fsp3) is 0.545. The molecule has 0 fully saturated rings. The van der Waals surface area contributed by atoms with Crippen LogP contribution >= 0.6 is 11.3 Å². The average Bonchev–Trinajstić information content (AvgIpc) is 3.00. The molecule has 0 spiro atoms. The molecule has 2 atom stereocenters. The van der Waals surface area contributed by atoms with Gasteiger partial charge in [0.25, 0.3) is 0 Å². The maximum absolute atomic E-state index is 3.98. The van der Waals surface area contributed by atoms with Gasteiger partial charge in [-0.05, 0) is 32.4 Å². The van der Waals surface area contributed by atoms with Crippen LogP contribution in [-0.2, 0) is 6.42 Å². The molecule has 6 heteroatoms. The van der Waals surface area contributed by atoms with Gasteiger partial charge in [0.05, 0.1) is 6.04 Å². The van der Waals surface area contributed by atoms with Crippen LogP contribution in [0.2, 0.25) is 0 Å². The Bertz CT molecular complexity index is 450. The Morgan fingerprint density at radius 2 is 2.18 bits per heavy atom. The van der Waals surface area contributed by atoms with E-state index < -0.39 is 0 Å². The van der Waals surface area contributed by atoms with E-state index in [0.717, 1.165) is 6.42 Å². The first-order valence-corrected chi connectivity index (χ1v) is 6.60. The molecule has 0 radical (unpaired) electrons. The maximum Gasteiger partial charge on any atom is 0.191 e. The molecule has 2 unspecified atom stereocenters. The summed E-state index contributed by atoms with van der Waals surface area (Å²) >= 11 is 1.85. The second kappa shape index (κ2) is 5.37. The molecule has 2 aromatic rings. The highest BCUT2D eigenvalue weighted by Gasteiger charge is 2.15. The van der Waals surface area contributed by atoms with Crippen LogP contribution < -0.4 is 5.32 Å². The molecule has 0 aliphatic rings. The number of aryl methyl sites for hydroxylation is 1. The van der Waals surface area contributed by atoms with E-state index in [1.807, 2.05) is 18.3 Å². The highest BCUT2D eigenvalue weighted by molar-refractivity contribution is 7.12. The van der Waals surface area contributed by atoms with E-state index in [2.05, 4.69) is 51.9 Å². The van der Waals surface area contributed by atoms with E-state index in [1.165, 1.54) is 9.75 Å². The first-order chi connectivity index (χ1) is 8.20. The molecule has 2 aromatic heterocycles. The third-order valence-corrected chi connectivity index (χ3v) is 4.12. The minimum Gasteiger partial charge on any atom is -0.300 e. The quantitative estimate of drug-likeness (QED) is 0.855. The van der Waals surface area contributed by atoms with Crippen molar-refractivity contribution in [2.75, 3.05) is 0 Å². The number of rotatable bonds is 5. The minimum absolute atomic E-state index is 0.0935. The number of thiophene rings is 1. The Labute approximate surface area is 105 Å². The van der Waals surface area contributed by atoms with Crippen LogP contribution in [-0.4, -0.2) is 20.6 Å². The number of H-pyrrole nitrogens is 1. The van der Waals surface area contributed by atoms with Crippen LogP contribution in [0.5, 0.6) is 0 Å². The van der Waals surface area contributed by atoms with Crippen molar-refractivity contribution in [2.45, 2.75) is 39.3 Å². The zero-order valence-corrected chi connectivity index (χ0v) is 11.1. The van der Waals surface area contributed by atoms with Crippen molar-refractivity contribution in [1.29, 1.82) is 0 Å². The number of aromatic amines is 1. The van der Waals surface area contributed by atoms with Crippen molar-refractivity contribution in [2.24, 2.45) is 0 Å². The molecule has 5 nitrogen and oxygen atoms in total. The highest BCUT2D eigenvalue weighted by atomic mass is 32.1. The molecular formula is C11H17N5S. The van der Waals surface area contributed by atoms with Crippen molar-refractivity contribution < 1.29 is 0 Å². The summed E-state index contributed by atoms with van der Waals surface area (Å²) in [5, 5.41) is 17.5. The summed E-state index contributed by atoms with van der Waals surface area (Å²) < 4.78 is 0. The first kappa shape index (κ1) is 12.2. The van der Waals surface area contributed by atoms with Crippen molar-refractivity contribution in [1.82, 2.24) is 25.9 Å². The number of tetrazole rings is 1. The van der Waals surface area contributed by atoms with Gasteiger partial charge < -0.3 is 0 Å². The number of hydrogen-bond donors (Lipinski definition) is 2. The van der Waals surface area contributed by atoms with Crippen molar-refractivity contribution in [3.05, 3.63) is 27.7 Å². The third-order valence-electron chi connectivity index (χ3n) is 2.71. The molecule has 0 aliphatic carbocycles. The normalized spacial score (nSPS) is 14.8. The van der Waals surface area contributed by atoms with Crippen LogP contribution in [0.3, 0.4) is 0 Å². The predicted molar refractivity (Wildman–Crippen MR) is 67.8 cm³/mol. The SMILES string of the molecule is CCc1ccc(C(C)NC(C)c2nn[nH]n2)s1. The number of aromatic nitrogens is 4. The van der Waals surface area contributed by atoms with Gasteiger partial charge in [0.1, 0.15) is 0 Å². The van der Waals surface area contributed by atoms with E-state index in [0.29, 0.717) is 11.9 Å². The van der Waals surface area contributed by atoms with Crippen molar-refractivity contribution in [3.8, 4) is 0 Å². The summed E-state index contributed by atoms with van der Waals surface area (Å²) in [6, 6.07) is 4.77. The van der Waals surface area contributed by atoms with E-state index in [1.54, 1.807) is 0 Å². The van der Waals surface area contributed by atoms with E-state index in [-0.39, 0.29) is 6.04 Å². The van der Waals surface area contributed by atoms with Crippen LogP contribution in [0, 0.1) is 0 Å². The van der Waals surface area contributed by atoms with Crippen LogP contribution in [0.1, 0.15) is 48.4 Å². The fourth-order valence-electron chi connectivity index (χ4n) is 1.70. The smallest absolute Gasteiger partial charge is 0.191 e. The zero-order chi connectivity index (χ0) is 12.3. The highest BCUT2D eigenvalue weighted by Crippen LogP contribution is 2.25. The second-order valence-electron chi connectivity index (χ2n) is 4.04. The molecule has 0 amide bonds. The lowest BCUT2D eigenvalue weighted by Crippen LogP contribution is -2.22. The topological polar surface area (TPSA) is 66.5 Å². The summed E-state index contributed by atoms with van der Waals surface area (Å²) in [5.41, 5.74) is 0. The summed E-state index contributed by atoms with van der Waals surface area (Å²) in [5.74, 6) is 0.698. The molecule has 92 valence electrons. The van der Waals surface area contributed by atoms with Gasteiger partial charge in [-0.1, -0.05) is 12.1 Å². The molecule has 2 heterocycles. The molecule has 2 N–H and O–H groups in total. The average molecular weight is 251 g/mol. The molecule has 0 bridgehead atoms. The number of nitrogens with zero attached hydrogens (tertiary/aromatic N) is 3. The number of hydrogen-bond acceptors (Lipinski definition) is 5. The lowest BCUT2D eigenvalue weighted by molar-refractivity contribution is 0.481. The Morgan fingerprint density at radius 1 is 1.35 bits per heavy atom. The summed E-state index contributed by atoms with van der Waals surface area (Å²) in [6.07, 6.45) is 1.10. The van der Waals surface area contributed by atoms with Gasteiger partial charge in [-0.2, -0.15) is 5.21 Å². The van der Waals surface area contributed by atoms with Gasteiger partial charge in [-0.25, -0.2) is 0 Å². The minimum atomic E-state index is 0.0935.